The van der Waals surface area contributed by atoms with Crippen LogP contribution in [0.3, 0.4) is 0 Å². The highest BCUT2D eigenvalue weighted by Gasteiger charge is 2.37. The Morgan fingerprint density at radius 3 is 2.57 bits per heavy atom. The fraction of sp³-hybridized carbons (Fsp3) is 0.350. The minimum absolute atomic E-state index is 0.0370. The monoisotopic (exact) mass is 493 g/mol. The van der Waals surface area contributed by atoms with E-state index in [1.807, 2.05) is 0 Å². The van der Waals surface area contributed by atoms with E-state index in [2.05, 4.69) is 0 Å². The van der Waals surface area contributed by atoms with Crippen LogP contribution < -0.4 is 4.74 Å². The average molecular weight is 495 g/mol. The molecule has 0 spiro atoms. The van der Waals surface area contributed by atoms with E-state index in [-0.39, 0.29) is 45.8 Å². The van der Waals surface area contributed by atoms with E-state index in [1.165, 1.54) is 42.2 Å². The second-order valence-corrected chi connectivity index (χ2v) is 10.5. The van der Waals surface area contributed by atoms with Crippen molar-refractivity contribution < 1.29 is 22.3 Å². The first-order valence-electron chi connectivity index (χ1n) is 9.13. The van der Waals surface area contributed by atoms with Crippen LogP contribution in [0.4, 0.5) is 4.39 Å². The Hall–Kier alpha value is -1.54. The number of rotatable bonds is 6. The van der Waals surface area contributed by atoms with Crippen LogP contribution in [0, 0.1) is 5.82 Å². The van der Waals surface area contributed by atoms with Crippen molar-refractivity contribution in [2.75, 3.05) is 11.5 Å². The fourth-order valence-corrected chi connectivity index (χ4v) is 5.71. The molecule has 0 saturated carbocycles. The average Bonchev–Trinajstić information content (AvgIpc) is 3.02. The van der Waals surface area contributed by atoms with E-state index in [0.29, 0.717) is 5.02 Å². The summed E-state index contributed by atoms with van der Waals surface area (Å²) in [5, 5.41) is 0.801. The maximum absolute atomic E-state index is 14.4. The largest absolute Gasteiger partial charge is 0.479 e. The second-order valence-electron chi connectivity index (χ2n) is 7.06. The van der Waals surface area contributed by atoms with Gasteiger partial charge < -0.3 is 9.64 Å². The lowest BCUT2D eigenvalue weighted by molar-refractivity contribution is -0.140. The summed E-state index contributed by atoms with van der Waals surface area (Å²) in [6, 6.07) is 8.19. The molecule has 5 nitrogen and oxygen atoms in total. The van der Waals surface area contributed by atoms with E-state index >= 15 is 0 Å². The Labute approximate surface area is 189 Å². The van der Waals surface area contributed by atoms with Crippen LogP contribution in [0.5, 0.6) is 5.75 Å². The van der Waals surface area contributed by atoms with Crippen LogP contribution in [0.1, 0.15) is 18.9 Å². The standard InChI is InChI=1S/C20H19Cl3FNO4S/c1-12(29-19-6-5-13(21)9-17(19)23)20(26)25(14-7-8-30(27,28)11-14)10-15-16(22)3-2-4-18(15)24/h2-6,9,12,14H,7-8,10-11H2,1H3. The minimum atomic E-state index is -3.28. The van der Waals surface area contributed by atoms with Crippen molar-refractivity contribution in [1.82, 2.24) is 4.90 Å². The molecule has 1 saturated heterocycles. The van der Waals surface area contributed by atoms with Gasteiger partial charge in [0.15, 0.2) is 15.9 Å². The van der Waals surface area contributed by atoms with Gasteiger partial charge in [0, 0.05) is 21.7 Å². The predicted octanol–water partition coefficient (Wildman–Crippen LogP) is 4.77. The van der Waals surface area contributed by atoms with Gasteiger partial charge in [-0.1, -0.05) is 40.9 Å². The molecule has 2 aromatic rings. The summed E-state index contributed by atoms with van der Waals surface area (Å²) in [6.45, 7) is 1.35. The number of hydrogen-bond donors (Lipinski definition) is 0. The van der Waals surface area contributed by atoms with Gasteiger partial charge in [-0.2, -0.15) is 0 Å². The molecule has 3 rings (SSSR count). The highest BCUT2D eigenvalue weighted by Crippen LogP contribution is 2.30. The van der Waals surface area contributed by atoms with E-state index in [0.717, 1.165) is 0 Å². The number of ether oxygens (including phenoxy) is 1. The summed E-state index contributed by atoms with van der Waals surface area (Å²) < 4.78 is 44.0. The zero-order valence-corrected chi connectivity index (χ0v) is 19.0. The maximum atomic E-state index is 14.4. The predicted molar refractivity (Wildman–Crippen MR) is 116 cm³/mol. The highest BCUT2D eigenvalue weighted by atomic mass is 35.5. The van der Waals surface area contributed by atoms with Gasteiger partial charge in [0.1, 0.15) is 11.6 Å². The number of amides is 1. The number of carbonyl (C=O) groups is 1. The lowest BCUT2D eigenvalue weighted by Gasteiger charge is -2.31. The maximum Gasteiger partial charge on any atom is 0.263 e. The Kier molecular flexibility index (Phi) is 7.17. The molecule has 0 radical (unpaired) electrons. The summed E-state index contributed by atoms with van der Waals surface area (Å²) in [5.41, 5.74) is 0.119. The molecule has 2 atom stereocenters. The quantitative estimate of drug-likeness (QED) is 0.580. The topological polar surface area (TPSA) is 63.7 Å². The zero-order valence-electron chi connectivity index (χ0n) is 15.9. The van der Waals surface area contributed by atoms with Crippen LogP contribution >= 0.6 is 34.8 Å². The summed E-state index contributed by atoms with van der Waals surface area (Å²) in [6.07, 6.45) is -0.744. The normalized spacial score (nSPS) is 18.8. The number of halogens is 4. The van der Waals surface area contributed by atoms with Crippen molar-refractivity contribution in [3.8, 4) is 5.75 Å². The summed E-state index contributed by atoms with van der Waals surface area (Å²) in [4.78, 5) is 14.5. The van der Waals surface area contributed by atoms with Crippen molar-refractivity contribution in [2.24, 2.45) is 0 Å². The molecule has 1 fully saturated rings. The smallest absolute Gasteiger partial charge is 0.263 e. The molecular weight excluding hydrogens is 476 g/mol. The van der Waals surface area contributed by atoms with E-state index in [4.69, 9.17) is 39.5 Å². The Morgan fingerprint density at radius 2 is 1.97 bits per heavy atom. The van der Waals surface area contributed by atoms with Gasteiger partial charge in [0.25, 0.3) is 5.91 Å². The van der Waals surface area contributed by atoms with Crippen molar-refractivity contribution in [2.45, 2.75) is 32.0 Å². The molecule has 10 heteroatoms. The third-order valence-corrected chi connectivity index (χ3v) is 7.50. The Morgan fingerprint density at radius 1 is 1.23 bits per heavy atom. The second kappa shape index (κ2) is 9.30. The van der Waals surface area contributed by atoms with Crippen molar-refractivity contribution in [3.63, 3.8) is 0 Å². The van der Waals surface area contributed by atoms with Crippen molar-refractivity contribution in [3.05, 3.63) is 62.8 Å². The van der Waals surface area contributed by atoms with Gasteiger partial charge in [0.2, 0.25) is 0 Å². The molecule has 1 heterocycles. The number of nitrogens with zero attached hydrogens (tertiary/aromatic N) is 1. The molecule has 2 unspecified atom stereocenters. The third-order valence-electron chi connectivity index (χ3n) is 4.87. The van der Waals surface area contributed by atoms with Crippen LogP contribution in [0.2, 0.25) is 15.1 Å². The molecule has 2 aromatic carbocycles. The fourth-order valence-electron chi connectivity index (χ4n) is 3.31. The van der Waals surface area contributed by atoms with E-state index in [1.54, 1.807) is 6.07 Å². The van der Waals surface area contributed by atoms with Crippen LogP contribution in [-0.2, 0) is 21.2 Å². The van der Waals surface area contributed by atoms with Gasteiger partial charge in [-0.3, -0.25) is 4.79 Å². The van der Waals surface area contributed by atoms with Crippen LogP contribution in [-0.4, -0.2) is 42.9 Å². The summed E-state index contributed by atoms with van der Waals surface area (Å²) in [7, 11) is -3.28. The first-order chi connectivity index (χ1) is 14.1. The first-order valence-corrected chi connectivity index (χ1v) is 12.1. The van der Waals surface area contributed by atoms with E-state index < -0.39 is 33.7 Å². The summed E-state index contributed by atoms with van der Waals surface area (Å²) >= 11 is 18.1. The SMILES string of the molecule is CC(Oc1ccc(Cl)cc1Cl)C(=O)N(Cc1c(F)cccc1Cl)C1CCS(=O)(=O)C1. The van der Waals surface area contributed by atoms with Crippen molar-refractivity contribution in [1.29, 1.82) is 0 Å². The molecular formula is C20H19Cl3FNO4S. The van der Waals surface area contributed by atoms with Crippen molar-refractivity contribution >= 4 is 50.5 Å². The zero-order chi connectivity index (χ0) is 22.1. The number of hydrogen-bond acceptors (Lipinski definition) is 4. The molecule has 1 aliphatic rings. The summed E-state index contributed by atoms with van der Waals surface area (Å²) in [5.74, 6) is -1.05. The molecule has 0 N–H and O–H groups in total. The van der Waals surface area contributed by atoms with Gasteiger partial charge in [-0.15, -0.1) is 0 Å². The molecule has 0 bridgehead atoms. The molecule has 1 amide bonds. The number of carbonyl (C=O) groups excluding carboxylic acids is 1. The lowest BCUT2D eigenvalue weighted by atomic mass is 10.1. The van der Waals surface area contributed by atoms with Gasteiger partial charge >= 0.3 is 0 Å². The Balaban J connectivity index is 1.87. The molecule has 0 aliphatic carbocycles. The lowest BCUT2D eigenvalue weighted by Crippen LogP contribution is -2.46. The molecule has 1 aliphatic heterocycles. The minimum Gasteiger partial charge on any atom is -0.479 e. The Bertz CT molecular complexity index is 1040. The number of sulfone groups is 1. The van der Waals surface area contributed by atoms with Gasteiger partial charge in [-0.05, 0) is 43.7 Å². The first kappa shape index (κ1) is 23.1. The third kappa shape index (κ3) is 5.38. The highest BCUT2D eigenvalue weighted by molar-refractivity contribution is 7.91. The van der Waals surface area contributed by atoms with Crippen LogP contribution in [0.15, 0.2) is 36.4 Å². The van der Waals surface area contributed by atoms with E-state index in [9.17, 15) is 17.6 Å². The van der Waals surface area contributed by atoms with Gasteiger partial charge in [0.05, 0.1) is 23.1 Å². The number of benzene rings is 2. The molecule has 0 aromatic heterocycles. The van der Waals surface area contributed by atoms with Crippen LogP contribution in [0.25, 0.3) is 0 Å². The molecule has 30 heavy (non-hydrogen) atoms. The van der Waals surface area contributed by atoms with Gasteiger partial charge in [-0.25, -0.2) is 12.8 Å². The molecule has 162 valence electrons.